The molecule has 0 bridgehead atoms. The molecule has 3 atom stereocenters. The molecule has 0 radical (unpaired) electrons. The van der Waals surface area contributed by atoms with Crippen LogP contribution in [0.25, 0.3) is 22.0 Å². The molecule has 2 aromatic heterocycles. The van der Waals surface area contributed by atoms with E-state index in [0.29, 0.717) is 24.7 Å². The molecule has 7 nitrogen and oxygen atoms in total. The van der Waals surface area contributed by atoms with Gasteiger partial charge in [-0.1, -0.05) is 38.3 Å². The van der Waals surface area contributed by atoms with E-state index in [4.69, 9.17) is 4.98 Å². The van der Waals surface area contributed by atoms with Crippen molar-refractivity contribution in [1.82, 2.24) is 25.2 Å². The zero-order valence-electron chi connectivity index (χ0n) is 22.6. The van der Waals surface area contributed by atoms with Crippen LogP contribution in [0.4, 0.5) is 0 Å². The van der Waals surface area contributed by atoms with Crippen molar-refractivity contribution in [2.75, 3.05) is 13.1 Å². The van der Waals surface area contributed by atoms with E-state index in [0.717, 1.165) is 85.9 Å². The Labute approximate surface area is 225 Å². The smallest absolute Gasteiger partial charge is 0.225 e. The Morgan fingerprint density at radius 1 is 1.05 bits per heavy atom. The normalized spacial score (nSPS) is 20.7. The number of rotatable bonds is 11. The summed E-state index contributed by atoms with van der Waals surface area (Å²) in [6.07, 6.45) is 16.1. The van der Waals surface area contributed by atoms with Gasteiger partial charge in [-0.25, -0.2) is 4.98 Å². The van der Waals surface area contributed by atoms with E-state index >= 15 is 0 Å². The quantitative estimate of drug-likeness (QED) is 0.307. The maximum Gasteiger partial charge on any atom is 0.225 e. The van der Waals surface area contributed by atoms with Gasteiger partial charge in [0.1, 0.15) is 11.6 Å². The minimum atomic E-state index is -0.167. The average molecular weight is 516 g/mol. The number of hydrogen-bond acceptors (Lipinski definition) is 5. The van der Waals surface area contributed by atoms with E-state index < -0.39 is 0 Å². The van der Waals surface area contributed by atoms with Crippen molar-refractivity contribution in [3.8, 4) is 11.3 Å². The summed E-state index contributed by atoms with van der Waals surface area (Å²) in [5.74, 6) is 1.35. The van der Waals surface area contributed by atoms with Gasteiger partial charge in [-0.05, 0) is 69.1 Å². The van der Waals surface area contributed by atoms with Crippen molar-refractivity contribution in [1.29, 1.82) is 0 Å². The van der Waals surface area contributed by atoms with E-state index in [1.165, 1.54) is 12.8 Å². The number of imidazole rings is 1. The van der Waals surface area contributed by atoms with Crippen LogP contribution in [0.2, 0.25) is 0 Å². The molecule has 0 aliphatic carbocycles. The van der Waals surface area contributed by atoms with Gasteiger partial charge in [0.25, 0.3) is 0 Å². The fourth-order valence-electron chi connectivity index (χ4n) is 6.26. The summed E-state index contributed by atoms with van der Waals surface area (Å²) in [6, 6.07) is 8.53. The third kappa shape index (κ3) is 6.32. The van der Waals surface area contributed by atoms with Gasteiger partial charge in [-0.2, -0.15) is 0 Å². The van der Waals surface area contributed by atoms with E-state index in [1.54, 1.807) is 6.20 Å². The number of piperidine rings is 2. The monoisotopic (exact) mass is 515 g/mol. The van der Waals surface area contributed by atoms with Crippen molar-refractivity contribution in [3.05, 3.63) is 48.7 Å². The molecule has 5 rings (SSSR count). The van der Waals surface area contributed by atoms with Gasteiger partial charge in [-0.3, -0.25) is 19.5 Å². The summed E-state index contributed by atoms with van der Waals surface area (Å²) in [6.45, 7) is 4.17. The number of nitrogens with one attached hydrogen (secondary N) is 2. The molecule has 2 aliphatic heterocycles. The second-order valence-corrected chi connectivity index (χ2v) is 11.0. The second kappa shape index (κ2) is 12.7. The number of unbranched alkanes of at least 4 members (excludes halogenated alkanes) is 2. The summed E-state index contributed by atoms with van der Waals surface area (Å²) in [5, 5.41) is 5.64. The Bertz CT molecular complexity index is 1240. The lowest BCUT2D eigenvalue weighted by Gasteiger charge is -2.43. The van der Waals surface area contributed by atoms with Crippen LogP contribution in [-0.2, 0) is 9.59 Å². The van der Waals surface area contributed by atoms with E-state index in [-0.39, 0.29) is 17.9 Å². The number of aromatic nitrogens is 3. The Hall–Kier alpha value is -3.06. The highest BCUT2D eigenvalue weighted by Crippen LogP contribution is 2.32. The summed E-state index contributed by atoms with van der Waals surface area (Å²) in [4.78, 5) is 40.4. The number of fused-ring (bicyclic) bond motifs is 2. The van der Waals surface area contributed by atoms with Gasteiger partial charge in [0.2, 0.25) is 5.91 Å². The Kier molecular flexibility index (Phi) is 8.84. The highest BCUT2D eigenvalue weighted by atomic mass is 16.2. The van der Waals surface area contributed by atoms with Crippen molar-refractivity contribution >= 4 is 22.5 Å². The topological polar surface area (TPSA) is 91.0 Å². The molecule has 7 heteroatoms. The SMILES string of the molecule is CCC(=O)CCCCC[C@H](NC(=O)[C@@H]1CCCN2CCCC[C@H]12)c1ncc(-c2ccc3ccncc3c2)[nH]1. The number of carbonyl (C=O) groups excluding carboxylic acids is 2. The standard InChI is InChI=1S/C31H41N5O2/c1-2-25(37)9-4-3-5-11-27(35-31(38)26-10-8-18-36-17-7-6-12-29(26)36)30-33-21-28(34-30)23-14-13-22-15-16-32-20-24(22)19-23/h13-16,19-21,26-27,29H,2-12,17-18H2,1H3,(H,33,34)(H,35,38)/t26-,27+,29-/m1/s1. The molecule has 0 spiro atoms. The number of pyridine rings is 1. The summed E-state index contributed by atoms with van der Waals surface area (Å²) < 4.78 is 0. The van der Waals surface area contributed by atoms with Gasteiger partial charge < -0.3 is 10.3 Å². The first-order valence-corrected chi connectivity index (χ1v) is 14.6. The number of nitrogens with zero attached hydrogens (tertiary/aromatic N) is 3. The van der Waals surface area contributed by atoms with Crippen LogP contribution in [0.5, 0.6) is 0 Å². The molecule has 0 saturated carbocycles. The van der Waals surface area contributed by atoms with Crippen molar-refractivity contribution in [2.24, 2.45) is 5.92 Å². The van der Waals surface area contributed by atoms with Crippen molar-refractivity contribution in [2.45, 2.75) is 89.6 Å². The highest BCUT2D eigenvalue weighted by molar-refractivity contribution is 5.86. The zero-order valence-corrected chi connectivity index (χ0v) is 22.6. The average Bonchev–Trinajstić information content (AvgIpc) is 3.46. The van der Waals surface area contributed by atoms with Crippen LogP contribution >= 0.6 is 0 Å². The predicted molar refractivity (Wildman–Crippen MR) is 151 cm³/mol. The molecule has 38 heavy (non-hydrogen) atoms. The van der Waals surface area contributed by atoms with Gasteiger partial charge in [-0.15, -0.1) is 0 Å². The first kappa shape index (κ1) is 26.5. The molecule has 202 valence electrons. The van der Waals surface area contributed by atoms with Crippen LogP contribution in [0.1, 0.15) is 89.4 Å². The van der Waals surface area contributed by atoms with Crippen LogP contribution in [0.3, 0.4) is 0 Å². The largest absolute Gasteiger partial charge is 0.346 e. The Balaban J connectivity index is 1.30. The third-order valence-corrected chi connectivity index (χ3v) is 8.46. The lowest BCUT2D eigenvalue weighted by atomic mass is 9.83. The number of ketones is 1. The van der Waals surface area contributed by atoms with Gasteiger partial charge in [0, 0.05) is 42.2 Å². The van der Waals surface area contributed by atoms with E-state index in [1.807, 2.05) is 25.4 Å². The third-order valence-electron chi connectivity index (χ3n) is 8.46. The Morgan fingerprint density at radius 2 is 1.95 bits per heavy atom. The fourth-order valence-corrected chi connectivity index (χ4v) is 6.26. The maximum absolute atomic E-state index is 13.6. The molecular formula is C31H41N5O2. The first-order valence-electron chi connectivity index (χ1n) is 14.6. The second-order valence-electron chi connectivity index (χ2n) is 11.0. The molecule has 2 fully saturated rings. The summed E-state index contributed by atoms with van der Waals surface area (Å²) in [5.41, 5.74) is 1.99. The first-order chi connectivity index (χ1) is 18.6. The fraction of sp³-hybridized carbons (Fsp3) is 0.548. The number of aromatic amines is 1. The van der Waals surface area contributed by atoms with Gasteiger partial charge >= 0.3 is 0 Å². The van der Waals surface area contributed by atoms with Crippen LogP contribution < -0.4 is 5.32 Å². The molecule has 0 unspecified atom stereocenters. The Morgan fingerprint density at radius 3 is 2.84 bits per heavy atom. The lowest BCUT2D eigenvalue weighted by Crippen LogP contribution is -2.53. The van der Waals surface area contributed by atoms with Crippen LogP contribution in [0, 0.1) is 5.92 Å². The van der Waals surface area contributed by atoms with E-state index in [2.05, 4.69) is 38.4 Å². The minimum Gasteiger partial charge on any atom is -0.346 e. The van der Waals surface area contributed by atoms with Crippen LogP contribution in [0.15, 0.2) is 42.9 Å². The number of benzene rings is 1. The van der Waals surface area contributed by atoms with Gasteiger partial charge in [0.15, 0.2) is 0 Å². The number of hydrogen-bond donors (Lipinski definition) is 2. The molecule has 1 aromatic carbocycles. The maximum atomic E-state index is 13.6. The minimum absolute atomic E-state index is 0.0520. The molecule has 3 aromatic rings. The van der Waals surface area contributed by atoms with Crippen LogP contribution in [-0.4, -0.2) is 50.7 Å². The molecule has 4 heterocycles. The van der Waals surface area contributed by atoms with Crippen molar-refractivity contribution in [3.63, 3.8) is 0 Å². The molecular weight excluding hydrogens is 474 g/mol. The number of H-pyrrole nitrogens is 1. The summed E-state index contributed by atoms with van der Waals surface area (Å²) >= 11 is 0. The van der Waals surface area contributed by atoms with Crippen molar-refractivity contribution < 1.29 is 9.59 Å². The number of amides is 1. The predicted octanol–water partition coefficient (Wildman–Crippen LogP) is 5.98. The summed E-state index contributed by atoms with van der Waals surface area (Å²) in [7, 11) is 0. The molecule has 1 amide bonds. The van der Waals surface area contributed by atoms with Gasteiger partial charge in [0.05, 0.1) is 23.9 Å². The number of carbonyl (C=O) groups is 2. The molecule has 2 N–H and O–H groups in total. The highest BCUT2D eigenvalue weighted by Gasteiger charge is 2.37. The zero-order chi connectivity index (χ0) is 26.3. The lowest BCUT2D eigenvalue weighted by molar-refractivity contribution is -0.130. The molecule has 2 aliphatic rings. The number of Topliss-reactive ketones (excluding diaryl/α,β-unsaturated/α-hetero) is 1. The molecule has 2 saturated heterocycles. The van der Waals surface area contributed by atoms with E-state index in [9.17, 15) is 9.59 Å².